The van der Waals surface area contributed by atoms with Crippen molar-refractivity contribution in [1.29, 1.82) is 0 Å². The number of hydrogen-bond donors (Lipinski definition) is 1. The number of hydrogen-bond acceptors (Lipinski definition) is 3. The zero-order chi connectivity index (χ0) is 13.4. The van der Waals surface area contributed by atoms with Crippen molar-refractivity contribution in [3.05, 3.63) is 29.8 Å². The second-order valence-corrected chi connectivity index (χ2v) is 5.88. The van der Waals surface area contributed by atoms with E-state index < -0.39 is 0 Å². The Morgan fingerprint density at radius 3 is 2.72 bits per heavy atom. The Morgan fingerprint density at radius 2 is 2.11 bits per heavy atom. The second-order valence-electron chi connectivity index (χ2n) is 4.63. The van der Waals surface area contributed by atoms with Crippen LogP contribution in [-0.2, 0) is 0 Å². The SMILES string of the molecule is CCCCCSC(c1cccc(OC)c1)C(C)N. The molecule has 1 aromatic rings. The van der Waals surface area contributed by atoms with Gasteiger partial charge in [-0.2, -0.15) is 11.8 Å². The summed E-state index contributed by atoms with van der Waals surface area (Å²) in [5, 5.41) is 0.358. The van der Waals surface area contributed by atoms with Crippen LogP contribution in [0.25, 0.3) is 0 Å². The molecule has 2 nitrogen and oxygen atoms in total. The molecule has 0 saturated carbocycles. The van der Waals surface area contributed by atoms with Crippen LogP contribution >= 0.6 is 11.8 Å². The molecule has 0 aliphatic carbocycles. The van der Waals surface area contributed by atoms with Gasteiger partial charge in [0.15, 0.2) is 0 Å². The molecule has 18 heavy (non-hydrogen) atoms. The van der Waals surface area contributed by atoms with Gasteiger partial charge in [-0.25, -0.2) is 0 Å². The highest BCUT2D eigenvalue weighted by molar-refractivity contribution is 7.99. The number of unbranched alkanes of at least 4 members (excludes halogenated alkanes) is 2. The summed E-state index contributed by atoms with van der Waals surface area (Å²) in [7, 11) is 1.70. The maximum atomic E-state index is 6.11. The lowest BCUT2D eigenvalue weighted by atomic mass is 10.1. The first kappa shape index (κ1) is 15.4. The van der Waals surface area contributed by atoms with E-state index in [0.29, 0.717) is 5.25 Å². The van der Waals surface area contributed by atoms with Gasteiger partial charge in [0.2, 0.25) is 0 Å². The molecular weight excluding hydrogens is 242 g/mol. The van der Waals surface area contributed by atoms with E-state index in [-0.39, 0.29) is 6.04 Å². The van der Waals surface area contributed by atoms with Gasteiger partial charge < -0.3 is 10.5 Å². The normalized spacial score (nSPS) is 14.2. The molecule has 102 valence electrons. The number of thioether (sulfide) groups is 1. The molecule has 0 heterocycles. The molecule has 0 spiro atoms. The average Bonchev–Trinajstić information content (AvgIpc) is 2.38. The third kappa shape index (κ3) is 4.91. The van der Waals surface area contributed by atoms with Crippen molar-refractivity contribution in [2.45, 2.75) is 44.4 Å². The summed E-state index contributed by atoms with van der Waals surface area (Å²) in [4.78, 5) is 0. The van der Waals surface area contributed by atoms with E-state index >= 15 is 0 Å². The molecule has 0 fully saturated rings. The van der Waals surface area contributed by atoms with Crippen molar-refractivity contribution in [2.75, 3.05) is 12.9 Å². The van der Waals surface area contributed by atoms with Crippen molar-refractivity contribution in [3.8, 4) is 5.75 Å². The number of rotatable bonds is 8. The van der Waals surface area contributed by atoms with Gasteiger partial charge in [-0.05, 0) is 36.8 Å². The molecule has 0 amide bonds. The van der Waals surface area contributed by atoms with Gasteiger partial charge in [-0.15, -0.1) is 0 Å². The Labute approximate surface area is 115 Å². The summed E-state index contributed by atoms with van der Waals surface area (Å²) in [5.41, 5.74) is 7.38. The van der Waals surface area contributed by atoms with E-state index in [1.165, 1.54) is 30.6 Å². The molecule has 0 saturated heterocycles. The molecule has 1 rings (SSSR count). The first-order valence-corrected chi connectivity index (χ1v) is 7.75. The maximum Gasteiger partial charge on any atom is 0.119 e. The lowest BCUT2D eigenvalue weighted by Crippen LogP contribution is -2.23. The monoisotopic (exact) mass is 267 g/mol. The van der Waals surface area contributed by atoms with Crippen LogP contribution in [0.15, 0.2) is 24.3 Å². The standard InChI is InChI=1S/C15H25NOS/c1-4-5-6-10-18-15(12(2)16)13-8-7-9-14(11-13)17-3/h7-9,11-12,15H,4-6,10,16H2,1-3H3. The van der Waals surface area contributed by atoms with Crippen LogP contribution in [0.2, 0.25) is 0 Å². The molecule has 2 N–H and O–H groups in total. The van der Waals surface area contributed by atoms with Crippen LogP contribution in [0.5, 0.6) is 5.75 Å². The molecule has 2 atom stereocenters. The van der Waals surface area contributed by atoms with Gasteiger partial charge in [0, 0.05) is 11.3 Å². The smallest absolute Gasteiger partial charge is 0.119 e. The summed E-state index contributed by atoms with van der Waals surface area (Å²) in [6.07, 6.45) is 3.84. The minimum absolute atomic E-state index is 0.156. The summed E-state index contributed by atoms with van der Waals surface area (Å²) in [5.74, 6) is 2.09. The van der Waals surface area contributed by atoms with Crippen LogP contribution in [0.1, 0.15) is 43.9 Å². The molecule has 0 radical (unpaired) electrons. The zero-order valence-corrected chi connectivity index (χ0v) is 12.5. The van der Waals surface area contributed by atoms with E-state index in [4.69, 9.17) is 10.5 Å². The highest BCUT2D eigenvalue weighted by Gasteiger charge is 2.16. The quantitative estimate of drug-likeness (QED) is 0.723. The zero-order valence-electron chi connectivity index (χ0n) is 11.7. The fourth-order valence-corrected chi connectivity index (χ4v) is 3.20. The largest absolute Gasteiger partial charge is 0.497 e. The predicted octanol–water partition coefficient (Wildman–Crippen LogP) is 4.01. The Bertz CT molecular complexity index is 341. The fourth-order valence-electron chi connectivity index (χ4n) is 1.93. The van der Waals surface area contributed by atoms with Crippen LogP contribution in [0.3, 0.4) is 0 Å². The third-order valence-electron chi connectivity index (χ3n) is 2.95. The first-order valence-electron chi connectivity index (χ1n) is 6.70. The van der Waals surface area contributed by atoms with Crippen molar-refractivity contribution in [1.82, 2.24) is 0 Å². The van der Waals surface area contributed by atoms with Crippen LogP contribution < -0.4 is 10.5 Å². The summed E-state index contributed by atoms with van der Waals surface area (Å²) in [6.45, 7) is 4.31. The van der Waals surface area contributed by atoms with Gasteiger partial charge >= 0.3 is 0 Å². The minimum Gasteiger partial charge on any atom is -0.497 e. The number of benzene rings is 1. The summed E-state index contributed by atoms with van der Waals surface area (Å²) < 4.78 is 5.28. The van der Waals surface area contributed by atoms with Gasteiger partial charge in [-0.3, -0.25) is 0 Å². The van der Waals surface area contributed by atoms with Gasteiger partial charge in [-0.1, -0.05) is 31.9 Å². The fraction of sp³-hybridized carbons (Fsp3) is 0.600. The van der Waals surface area contributed by atoms with Crippen LogP contribution in [0, 0.1) is 0 Å². The molecule has 0 aliphatic heterocycles. The van der Waals surface area contributed by atoms with E-state index in [1.807, 2.05) is 23.9 Å². The van der Waals surface area contributed by atoms with E-state index in [9.17, 15) is 0 Å². The Balaban J connectivity index is 2.65. The van der Waals surface area contributed by atoms with E-state index in [2.05, 4.69) is 26.0 Å². The Hall–Kier alpha value is -0.670. The summed E-state index contributed by atoms with van der Waals surface area (Å²) in [6, 6.07) is 8.41. The molecule has 1 aromatic carbocycles. The Kier molecular flexibility index (Phi) is 7.21. The van der Waals surface area contributed by atoms with Crippen molar-refractivity contribution >= 4 is 11.8 Å². The maximum absolute atomic E-state index is 6.11. The molecule has 3 heteroatoms. The molecular formula is C15H25NOS. The lowest BCUT2D eigenvalue weighted by Gasteiger charge is -2.21. The predicted molar refractivity (Wildman–Crippen MR) is 81.4 cm³/mol. The lowest BCUT2D eigenvalue weighted by molar-refractivity contribution is 0.414. The van der Waals surface area contributed by atoms with Crippen LogP contribution in [-0.4, -0.2) is 18.9 Å². The Morgan fingerprint density at radius 1 is 1.33 bits per heavy atom. The number of ether oxygens (including phenoxy) is 1. The third-order valence-corrected chi connectivity index (χ3v) is 4.53. The number of methoxy groups -OCH3 is 1. The topological polar surface area (TPSA) is 35.2 Å². The van der Waals surface area contributed by atoms with E-state index in [0.717, 1.165) is 5.75 Å². The van der Waals surface area contributed by atoms with Crippen molar-refractivity contribution < 1.29 is 4.74 Å². The molecule has 0 bridgehead atoms. The molecule has 0 aliphatic rings. The minimum atomic E-state index is 0.156. The average molecular weight is 267 g/mol. The van der Waals surface area contributed by atoms with E-state index in [1.54, 1.807) is 7.11 Å². The van der Waals surface area contributed by atoms with Crippen molar-refractivity contribution in [2.24, 2.45) is 5.73 Å². The van der Waals surface area contributed by atoms with Crippen LogP contribution in [0.4, 0.5) is 0 Å². The van der Waals surface area contributed by atoms with Crippen molar-refractivity contribution in [3.63, 3.8) is 0 Å². The molecule has 2 unspecified atom stereocenters. The highest BCUT2D eigenvalue weighted by Crippen LogP contribution is 2.33. The second kappa shape index (κ2) is 8.44. The van der Waals surface area contributed by atoms with Gasteiger partial charge in [0.1, 0.15) is 5.75 Å². The van der Waals surface area contributed by atoms with Gasteiger partial charge in [0.05, 0.1) is 7.11 Å². The molecule has 0 aromatic heterocycles. The first-order chi connectivity index (χ1) is 8.69. The highest BCUT2D eigenvalue weighted by atomic mass is 32.2. The number of nitrogens with two attached hydrogens (primary N) is 1. The summed E-state index contributed by atoms with van der Waals surface area (Å²) >= 11 is 1.96. The van der Waals surface area contributed by atoms with Gasteiger partial charge in [0.25, 0.3) is 0 Å².